The van der Waals surface area contributed by atoms with Crippen LogP contribution in [0.1, 0.15) is 46.0 Å². The molecule has 1 N–H and O–H groups in total. The van der Waals surface area contributed by atoms with Crippen LogP contribution in [0.3, 0.4) is 0 Å². The van der Waals surface area contributed by atoms with Crippen LogP contribution < -0.4 is 5.32 Å². The van der Waals surface area contributed by atoms with Crippen molar-refractivity contribution in [3.05, 3.63) is 0 Å². The van der Waals surface area contributed by atoms with Crippen molar-refractivity contribution in [1.29, 1.82) is 0 Å². The van der Waals surface area contributed by atoms with Crippen molar-refractivity contribution in [3.8, 4) is 0 Å². The van der Waals surface area contributed by atoms with Gasteiger partial charge in [0.05, 0.1) is 6.04 Å². The Morgan fingerprint density at radius 1 is 1.18 bits per heavy atom. The molecule has 2 fully saturated rings. The van der Waals surface area contributed by atoms with Crippen LogP contribution in [0.25, 0.3) is 0 Å². The first-order chi connectivity index (χ1) is 8.18. The number of hydrogen-bond acceptors (Lipinski definition) is 2. The lowest BCUT2D eigenvalue weighted by atomic mass is 9.89. The third-order valence-electron chi connectivity index (χ3n) is 4.39. The molecule has 0 saturated carbocycles. The first-order valence-electron chi connectivity index (χ1n) is 7.20. The lowest BCUT2D eigenvalue weighted by molar-refractivity contribution is -0.133. The highest BCUT2D eigenvalue weighted by atomic mass is 16.2. The maximum Gasteiger partial charge on any atom is 0.239 e. The number of carbonyl (C=O) groups is 1. The van der Waals surface area contributed by atoms with E-state index in [4.69, 9.17) is 0 Å². The van der Waals surface area contributed by atoms with E-state index in [2.05, 4.69) is 24.1 Å². The van der Waals surface area contributed by atoms with Gasteiger partial charge in [-0.3, -0.25) is 4.79 Å². The predicted molar refractivity (Wildman–Crippen MR) is 69.8 cm³/mol. The summed E-state index contributed by atoms with van der Waals surface area (Å²) in [5.41, 5.74) is 0. The summed E-state index contributed by atoms with van der Waals surface area (Å²) in [7, 11) is 0. The van der Waals surface area contributed by atoms with Gasteiger partial charge in [-0.2, -0.15) is 0 Å². The number of likely N-dealkylation sites (tertiary alicyclic amines) is 1. The molecule has 0 spiro atoms. The zero-order valence-electron chi connectivity index (χ0n) is 11.2. The van der Waals surface area contributed by atoms with E-state index in [0.717, 1.165) is 44.3 Å². The summed E-state index contributed by atoms with van der Waals surface area (Å²) in [6.07, 6.45) is 5.85. The molecule has 2 atom stereocenters. The molecule has 98 valence electrons. The Hall–Kier alpha value is -0.570. The summed E-state index contributed by atoms with van der Waals surface area (Å²) >= 11 is 0. The van der Waals surface area contributed by atoms with Gasteiger partial charge in [-0.05, 0) is 50.5 Å². The van der Waals surface area contributed by atoms with E-state index in [-0.39, 0.29) is 6.04 Å². The number of amides is 1. The zero-order valence-corrected chi connectivity index (χ0v) is 11.2. The fraction of sp³-hybridized carbons (Fsp3) is 0.929. The largest absolute Gasteiger partial charge is 0.341 e. The fourth-order valence-corrected chi connectivity index (χ4v) is 3.12. The molecule has 0 aromatic rings. The number of nitrogens with zero attached hydrogens (tertiary/aromatic N) is 1. The van der Waals surface area contributed by atoms with Crippen LogP contribution in [0.5, 0.6) is 0 Å². The van der Waals surface area contributed by atoms with E-state index in [1.54, 1.807) is 0 Å². The molecule has 2 heterocycles. The van der Waals surface area contributed by atoms with Crippen LogP contribution in [0.2, 0.25) is 0 Å². The summed E-state index contributed by atoms with van der Waals surface area (Å²) in [4.78, 5) is 14.4. The molecule has 3 nitrogen and oxygen atoms in total. The highest BCUT2D eigenvalue weighted by Gasteiger charge is 2.28. The van der Waals surface area contributed by atoms with Crippen LogP contribution in [-0.2, 0) is 4.79 Å². The molecule has 2 saturated heterocycles. The molecule has 3 heteroatoms. The first kappa shape index (κ1) is 12.9. The second-order valence-electron chi connectivity index (χ2n) is 5.91. The molecule has 0 bridgehead atoms. The Labute approximate surface area is 105 Å². The Morgan fingerprint density at radius 3 is 2.65 bits per heavy atom. The average molecular weight is 238 g/mol. The fourth-order valence-electron chi connectivity index (χ4n) is 3.12. The molecule has 2 rings (SSSR count). The van der Waals surface area contributed by atoms with E-state index < -0.39 is 0 Å². The Morgan fingerprint density at radius 2 is 2.00 bits per heavy atom. The third kappa shape index (κ3) is 3.21. The molecular weight excluding hydrogens is 212 g/mol. The van der Waals surface area contributed by atoms with E-state index >= 15 is 0 Å². The highest BCUT2D eigenvalue weighted by Crippen LogP contribution is 2.25. The van der Waals surface area contributed by atoms with Crippen molar-refractivity contribution in [3.63, 3.8) is 0 Å². The summed E-state index contributed by atoms with van der Waals surface area (Å²) in [5, 5.41) is 3.32. The zero-order chi connectivity index (χ0) is 12.3. The van der Waals surface area contributed by atoms with Gasteiger partial charge < -0.3 is 10.2 Å². The molecule has 0 aliphatic carbocycles. The van der Waals surface area contributed by atoms with Crippen LogP contribution in [-0.4, -0.2) is 36.5 Å². The SMILES string of the molecule is CC(C)C1CCCN(C(=O)[C@H]2CCCN2)CC1. The first-order valence-corrected chi connectivity index (χ1v) is 7.20. The average Bonchev–Trinajstić information content (AvgIpc) is 2.71. The normalized spacial score (nSPS) is 30.6. The van der Waals surface area contributed by atoms with E-state index in [1.165, 1.54) is 19.3 Å². The minimum absolute atomic E-state index is 0.116. The van der Waals surface area contributed by atoms with Gasteiger partial charge in [0.1, 0.15) is 0 Å². The van der Waals surface area contributed by atoms with Crippen molar-refractivity contribution in [2.24, 2.45) is 11.8 Å². The van der Waals surface area contributed by atoms with Crippen LogP contribution in [0.15, 0.2) is 0 Å². The van der Waals surface area contributed by atoms with Gasteiger partial charge in [0, 0.05) is 13.1 Å². The molecule has 1 unspecified atom stereocenters. The standard InChI is InChI=1S/C14H26N2O/c1-11(2)12-5-4-9-16(10-7-12)14(17)13-6-3-8-15-13/h11-13,15H,3-10H2,1-2H3/t12?,13-/m1/s1. The Kier molecular flexibility index (Phi) is 4.43. The molecule has 2 aliphatic rings. The van der Waals surface area contributed by atoms with Crippen LogP contribution >= 0.6 is 0 Å². The lowest BCUT2D eigenvalue weighted by Gasteiger charge is -2.24. The number of carbonyl (C=O) groups excluding carboxylic acids is 1. The van der Waals surface area contributed by atoms with Crippen molar-refractivity contribution in [1.82, 2.24) is 10.2 Å². The Bertz CT molecular complexity index is 259. The van der Waals surface area contributed by atoms with Crippen LogP contribution in [0, 0.1) is 11.8 Å². The minimum atomic E-state index is 0.116. The Balaban J connectivity index is 1.87. The van der Waals surface area contributed by atoms with E-state index in [1.807, 2.05) is 0 Å². The number of hydrogen-bond donors (Lipinski definition) is 1. The number of rotatable bonds is 2. The van der Waals surface area contributed by atoms with Gasteiger partial charge in [0.15, 0.2) is 0 Å². The van der Waals surface area contributed by atoms with E-state index in [0.29, 0.717) is 5.91 Å². The molecule has 17 heavy (non-hydrogen) atoms. The maximum atomic E-state index is 12.3. The van der Waals surface area contributed by atoms with Crippen molar-refractivity contribution in [2.75, 3.05) is 19.6 Å². The van der Waals surface area contributed by atoms with Gasteiger partial charge in [-0.1, -0.05) is 13.8 Å². The number of nitrogens with one attached hydrogen (secondary N) is 1. The topological polar surface area (TPSA) is 32.3 Å². The molecule has 2 aliphatic heterocycles. The van der Waals surface area contributed by atoms with Gasteiger partial charge >= 0.3 is 0 Å². The third-order valence-corrected chi connectivity index (χ3v) is 4.39. The second kappa shape index (κ2) is 5.85. The van der Waals surface area contributed by atoms with Crippen molar-refractivity contribution >= 4 is 5.91 Å². The molecule has 1 amide bonds. The predicted octanol–water partition coefficient (Wildman–Crippen LogP) is 2.02. The lowest BCUT2D eigenvalue weighted by Crippen LogP contribution is -2.44. The maximum absolute atomic E-state index is 12.3. The van der Waals surface area contributed by atoms with Crippen molar-refractivity contribution < 1.29 is 4.79 Å². The quantitative estimate of drug-likeness (QED) is 0.798. The second-order valence-corrected chi connectivity index (χ2v) is 5.91. The van der Waals surface area contributed by atoms with Gasteiger partial charge in [-0.25, -0.2) is 0 Å². The summed E-state index contributed by atoms with van der Waals surface area (Å²) < 4.78 is 0. The highest BCUT2D eigenvalue weighted by molar-refractivity contribution is 5.82. The monoisotopic (exact) mass is 238 g/mol. The summed E-state index contributed by atoms with van der Waals surface area (Å²) in [5.74, 6) is 1.92. The molecule has 0 radical (unpaired) electrons. The van der Waals surface area contributed by atoms with Gasteiger partial charge in [0.25, 0.3) is 0 Å². The van der Waals surface area contributed by atoms with Gasteiger partial charge in [0.2, 0.25) is 5.91 Å². The minimum Gasteiger partial charge on any atom is -0.341 e. The van der Waals surface area contributed by atoms with Crippen LogP contribution in [0.4, 0.5) is 0 Å². The van der Waals surface area contributed by atoms with Gasteiger partial charge in [-0.15, -0.1) is 0 Å². The van der Waals surface area contributed by atoms with E-state index in [9.17, 15) is 4.79 Å². The summed E-state index contributed by atoms with van der Waals surface area (Å²) in [6.45, 7) is 7.57. The molecular formula is C14H26N2O. The smallest absolute Gasteiger partial charge is 0.239 e. The van der Waals surface area contributed by atoms with Crippen molar-refractivity contribution in [2.45, 2.75) is 52.0 Å². The summed E-state index contributed by atoms with van der Waals surface area (Å²) in [6, 6.07) is 0.116. The molecule has 0 aromatic carbocycles. The molecule has 0 aromatic heterocycles.